The van der Waals surface area contributed by atoms with Crippen LogP contribution >= 0.6 is 23.2 Å². The van der Waals surface area contributed by atoms with E-state index in [4.69, 9.17) is 23.2 Å². The van der Waals surface area contributed by atoms with Gasteiger partial charge in [-0.15, -0.1) is 4.80 Å². The topological polar surface area (TPSA) is 106 Å². The zero-order chi connectivity index (χ0) is 22.6. The Balaban J connectivity index is 1.57. The van der Waals surface area contributed by atoms with E-state index in [1.807, 2.05) is 0 Å². The van der Waals surface area contributed by atoms with E-state index in [-0.39, 0.29) is 39.6 Å². The number of rotatable bonds is 3. The third-order valence-corrected chi connectivity index (χ3v) is 5.55. The first-order valence-electron chi connectivity index (χ1n) is 9.21. The van der Waals surface area contributed by atoms with Crippen molar-refractivity contribution in [3.63, 3.8) is 0 Å². The molecule has 4 aromatic rings. The van der Waals surface area contributed by atoms with Crippen LogP contribution < -0.4 is 10.2 Å². The molecule has 164 valence electrons. The first kappa shape index (κ1) is 20.5. The van der Waals surface area contributed by atoms with Crippen molar-refractivity contribution in [2.45, 2.75) is 18.8 Å². The van der Waals surface area contributed by atoms with Gasteiger partial charge in [0.25, 0.3) is 6.43 Å². The molecule has 0 saturated heterocycles. The van der Waals surface area contributed by atoms with E-state index < -0.39 is 17.9 Å². The highest BCUT2D eigenvalue weighted by Gasteiger charge is 2.50. The summed E-state index contributed by atoms with van der Waals surface area (Å²) in [7, 11) is 0. The smallest absolute Gasteiger partial charge is 0.304 e. The highest BCUT2D eigenvalue weighted by Crippen LogP contribution is 2.44. The van der Waals surface area contributed by atoms with Crippen LogP contribution in [0.25, 0.3) is 11.5 Å². The van der Waals surface area contributed by atoms with Gasteiger partial charge in [0.1, 0.15) is 0 Å². The van der Waals surface area contributed by atoms with Gasteiger partial charge in [0.15, 0.2) is 16.6 Å². The number of nitrogens with one attached hydrogen (secondary N) is 1. The molecule has 1 N–H and O–H groups in total. The van der Waals surface area contributed by atoms with Gasteiger partial charge in [-0.05, 0) is 13.0 Å². The van der Waals surface area contributed by atoms with Crippen molar-refractivity contribution in [2.24, 2.45) is 0 Å². The Morgan fingerprint density at radius 1 is 1.19 bits per heavy atom. The summed E-state index contributed by atoms with van der Waals surface area (Å²) in [6, 6.07) is 2.23. The molecule has 2 amide bonds. The van der Waals surface area contributed by atoms with E-state index in [0.29, 0.717) is 5.65 Å². The van der Waals surface area contributed by atoms with Gasteiger partial charge in [-0.25, -0.2) is 28.1 Å². The highest BCUT2D eigenvalue weighted by atomic mass is 35.5. The number of urea groups is 1. The minimum atomic E-state index is -2.79. The quantitative estimate of drug-likeness (QED) is 0.481. The SMILES string of the molecule is C[C@]1(C(F)F)CN(C(=O)Nc2cc(Cl)cnc2-n2nccn2)c2cnc3cc(Cl)nn3c21. The molecule has 14 heteroatoms. The molecule has 32 heavy (non-hydrogen) atoms. The predicted octanol–water partition coefficient (Wildman–Crippen LogP) is 3.59. The van der Waals surface area contributed by atoms with Gasteiger partial charge in [-0.3, -0.25) is 4.90 Å². The molecule has 0 aromatic carbocycles. The maximum Gasteiger partial charge on any atom is 0.326 e. The van der Waals surface area contributed by atoms with E-state index in [1.165, 1.54) is 58.1 Å². The normalized spacial score (nSPS) is 17.9. The molecule has 0 saturated carbocycles. The fourth-order valence-corrected chi connectivity index (χ4v) is 3.99. The summed E-state index contributed by atoms with van der Waals surface area (Å²) in [6.45, 7) is 1.05. The Hall–Kier alpha value is -3.38. The van der Waals surface area contributed by atoms with Crippen molar-refractivity contribution in [1.29, 1.82) is 0 Å². The number of pyridine rings is 1. The first-order valence-corrected chi connectivity index (χ1v) is 9.97. The largest absolute Gasteiger partial charge is 0.326 e. The van der Waals surface area contributed by atoms with E-state index in [2.05, 4.69) is 30.6 Å². The number of carbonyl (C=O) groups excluding carboxylic acids is 1. The minimum absolute atomic E-state index is 0.104. The average molecular weight is 480 g/mol. The molecule has 0 fully saturated rings. The van der Waals surface area contributed by atoms with Crippen LogP contribution in [0.15, 0.2) is 36.9 Å². The lowest BCUT2D eigenvalue weighted by atomic mass is 9.89. The van der Waals surface area contributed by atoms with Gasteiger partial charge >= 0.3 is 6.03 Å². The lowest BCUT2D eigenvalue weighted by molar-refractivity contribution is 0.0651. The average Bonchev–Trinajstić information content (AvgIpc) is 3.45. The number of anilines is 2. The van der Waals surface area contributed by atoms with Crippen molar-refractivity contribution in [3.8, 4) is 5.82 Å². The Morgan fingerprint density at radius 3 is 2.66 bits per heavy atom. The first-order chi connectivity index (χ1) is 15.3. The number of fused-ring (bicyclic) bond motifs is 3. The summed E-state index contributed by atoms with van der Waals surface area (Å²) >= 11 is 12.0. The Kier molecular flexibility index (Phi) is 4.71. The van der Waals surface area contributed by atoms with Crippen molar-refractivity contribution in [2.75, 3.05) is 16.8 Å². The van der Waals surface area contributed by atoms with E-state index in [0.717, 1.165) is 0 Å². The molecule has 0 unspecified atom stereocenters. The second-order valence-electron chi connectivity index (χ2n) is 7.31. The summed E-state index contributed by atoms with van der Waals surface area (Å²) < 4.78 is 29.7. The zero-order valence-corrected chi connectivity index (χ0v) is 17.8. The lowest BCUT2D eigenvalue weighted by Crippen LogP contribution is -2.42. The molecule has 0 bridgehead atoms. The number of carbonyl (C=O) groups is 1. The Bertz CT molecular complexity index is 1340. The molecule has 0 spiro atoms. The van der Waals surface area contributed by atoms with Gasteiger partial charge < -0.3 is 5.32 Å². The summed E-state index contributed by atoms with van der Waals surface area (Å²) in [5.74, 6) is 0.205. The fourth-order valence-electron chi connectivity index (χ4n) is 3.66. The molecule has 5 heterocycles. The van der Waals surface area contributed by atoms with Crippen molar-refractivity contribution >= 4 is 46.3 Å². The van der Waals surface area contributed by atoms with Crippen LogP contribution in [0.1, 0.15) is 12.6 Å². The van der Waals surface area contributed by atoms with Gasteiger partial charge in [0.2, 0.25) is 0 Å². The number of amides is 2. The predicted molar refractivity (Wildman–Crippen MR) is 112 cm³/mol. The number of halogens is 4. The third kappa shape index (κ3) is 3.14. The van der Waals surface area contributed by atoms with Crippen LogP contribution in [-0.2, 0) is 5.41 Å². The lowest BCUT2D eigenvalue weighted by Gasteiger charge is -2.24. The van der Waals surface area contributed by atoms with Crippen molar-refractivity contribution in [1.82, 2.24) is 34.6 Å². The number of nitrogens with zero attached hydrogens (tertiary/aromatic N) is 8. The number of alkyl halides is 2. The number of hydrogen-bond acceptors (Lipinski definition) is 6. The fraction of sp³-hybridized carbons (Fsp3) is 0.222. The summed E-state index contributed by atoms with van der Waals surface area (Å²) in [6.07, 6.45) is 2.82. The molecule has 4 aromatic heterocycles. The molecule has 1 atom stereocenters. The van der Waals surface area contributed by atoms with Crippen LogP contribution in [-0.4, -0.2) is 53.6 Å². The van der Waals surface area contributed by atoms with Crippen LogP contribution in [0.4, 0.5) is 25.0 Å². The minimum Gasteiger partial charge on any atom is -0.304 e. The maximum absolute atomic E-state index is 14.2. The van der Waals surface area contributed by atoms with Crippen LogP contribution in [0, 0.1) is 0 Å². The zero-order valence-electron chi connectivity index (χ0n) is 16.2. The molecule has 0 aliphatic carbocycles. The van der Waals surface area contributed by atoms with Gasteiger partial charge in [0, 0.05) is 18.8 Å². The molecule has 10 nitrogen and oxygen atoms in total. The maximum atomic E-state index is 14.2. The van der Waals surface area contributed by atoms with Gasteiger partial charge in [-0.1, -0.05) is 23.2 Å². The van der Waals surface area contributed by atoms with Crippen LogP contribution in [0.2, 0.25) is 10.2 Å². The molecular weight excluding hydrogens is 467 g/mol. The molecule has 1 aliphatic rings. The standard InChI is InChI=1S/C18H13Cl2F2N9O/c1-18(16(21)22)8-29(11-7-23-13-5-12(20)28-30(13)14(11)18)17(32)27-10-4-9(19)6-24-15(10)31-25-2-3-26-31/h2-7,16H,8H2,1H3,(H,27,32)/t18-/m0/s1. The van der Waals surface area contributed by atoms with E-state index >= 15 is 0 Å². The monoisotopic (exact) mass is 479 g/mol. The molecular formula is C18H13Cl2F2N9O. The van der Waals surface area contributed by atoms with Crippen LogP contribution in [0.3, 0.4) is 0 Å². The van der Waals surface area contributed by atoms with Crippen molar-refractivity contribution in [3.05, 3.63) is 52.8 Å². The second kappa shape index (κ2) is 7.35. The van der Waals surface area contributed by atoms with E-state index in [9.17, 15) is 13.6 Å². The Morgan fingerprint density at radius 2 is 1.94 bits per heavy atom. The molecule has 5 rings (SSSR count). The molecule has 1 aliphatic heterocycles. The molecule has 0 radical (unpaired) electrons. The summed E-state index contributed by atoms with van der Waals surface area (Å²) in [5.41, 5.74) is -0.887. The van der Waals surface area contributed by atoms with E-state index in [1.54, 1.807) is 0 Å². The Labute approximate surface area is 188 Å². The van der Waals surface area contributed by atoms with Crippen molar-refractivity contribution < 1.29 is 13.6 Å². The number of aromatic nitrogens is 7. The number of hydrogen-bond donors (Lipinski definition) is 1. The van der Waals surface area contributed by atoms with Crippen LogP contribution in [0.5, 0.6) is 0 Å². The third-order valence-electron chi connectivity index (χ3n) is 5.16. The second-order valence-corrected chi connectivity index (χ2v) is 8.13. The van der Waals surface area contributed by atoms with Gasteiger partial charge in [0.05, 0.1) is 46.1 Å². The summed E-state index contributed by atoms with van der Waals surface area (Å²) in [4.78, 5) is 24.0. The highest BCUT2D eigenvalue weighted by molar-refractivity contribution is 6.31. The summed E-state index contributed by atoms with van der Waals surface area (Å²) in [5, 5.41) is 15.1. The van der Waals surface area contributed by atoms with Gasteiger partial charge in [-0.2, -0.15) is 15.3 Å².